The van der Waals surface area contributed by atoms with E-state index in [0.29, 0.717) is 19.8 Å². The lowest BCUT2D eigenvalue weighted by molar-refractivity contribution is 0.0487. The molecule has 144 valence electrons. The molecular weight excluding hydrogens is 358 g/mol. The van der Waals surface area contributed by atoms with Crippen LogP contribution in [0.1, 0.15) is 35.7 Å². The maximum atomic E-state index is 12.9. The molecule has 0 atom stereocenters. The maximum absolute atomic E-state index is 12.9. The van der Waals surface area contributed by atoms with Crippen molar-refractivity contribution in [1.29, 1.82) is 0 Å². The number of methoxy groups -OCH3 is 1. The second-order valence-electron chi connectivity index (χ2n) is 6.73. The number of amides is 1. The molecule has 4 nitrogen and oxygen atoms in total. The van der Waals surface area contributed by atoms with Gasteiger partial charge in [-0.2, -0.15) is 0 Å². The summed E-state index contributed by atoms with van der Waals surface area (Å²) < 4.78 is 10.9. The molecule has 1 aliphatic rings. The van der Waals surface area contributed by atoms with Gasteiger partial charge in [-0.25, -0.2) is 0 Å². The van der Waals surface area contributed by atoms with Gasteiger partial charge in [0.1, 0.15) is 5.75 Å². The predicted octanol–water partition coefficient (Wildman–Crippen LogP) is 4.29. The van der Waals surface area contributed by atoms with Gasteiger partial charge in [-0.15, -0.1) is 11.8 Å². The van der Waals surface area contributed by atoms with Crippen LogP contribution in [0.5, 0.6) is 5.75 Å². The van der Waals surface area contributed by atoms with E-state index in [1.54, 1.807) is 18.9 Å². The molecule has 0 saturated carbocycles. The Balaban J connectivity index is 1.78. The van der Waals surface area contributed by atoms with Crippen LogP contribution in [0.25, 0.3) is 0 Å². The van der Waals surface area contributed by atoms with Crippen molar-refractivity contribution in [2.45, 2.75) is 30.1 Å². The first-order valence-corrected chi connectivity index (χ1v) is 10.4. The average Bonchev–Trinajstić information content (AvgIpc) is 2.73. The van der Waals surface area contributed by atoms with Crippen LogP contribution in [0.15, 0.2) is 53.4 Å². The molecule has 3 rings (SSSR count). The fraction of sp³-hybridized carbons (Fsp3) is 0.409. The zero-order valence-corrected chi connectivity index (χ0v) is 16.8. The van der Waals surface area contributed by atoms with Crippen LogP contribution in [0.3, 0.4) is 0 Å². The molecule has 1 fully saturated rings. The van der Waals surface area contributed by atoms with Crippen molar-refractivity contribution in [3.8, 4) is 5.75 Å². The first-order valence-electron chi connectivity index (χ1n) is 9.41. The highest BCUT2D eigenvalue weighted by Crippen LogP contribution is 2.35. The van der Waals surface area contributed by atoms with Crippen molar-refractivity contribution < 1.29 is 14.3 Å². The molecule has 0 aromatic heterocycles. The fourth-order valence-electron chi connectivity index (χ4n) is 3.55. The van der Waals surface area contributed by atoms with Crippen LogP contribution in [0.2, 0.25) is 0 Å². The molecule has 1 amide bonds. The third-order valence-corrected chi connectivity index (χ3v) is 6.13. The Morgan fingerprint density at radius 1 is 1.15 bits per heavy atom. The number of hydrogen-bond acceptors (Lipinski definition) is 4. The van der Waals surface area contributed by atoms with Crippen LogP contribution in [0.4, 0.5) is 0 Å². The summed E-state index contributed by atoms with van der Waals surface area (Å²) in [5.41, 5.74) is 1.87. The number of hydrogen-bond donors (Lipinski definition) is 1. The molecule has 1 heterocycles. The lowest BCUT2D eigenvalue weighted by atomic mass is 9.74. The fourth-order valence-corrected chi connectivity index (χ4v) is 4.36. The van der Waals surface area contributed by atoms with Gasteiger partial charge in [0.25, 0.3) is 5.91 Å². The van der Waals surface area contributed by atoms with E-state index in [1.165, 1.54) is 5.56 Å². The first-order chi connectivity index (χ1) is 13.2. The van der Waals surface area contributed by atoms with E-state index in [4.69, 9.17) is 9.47 Å². The molecule has 2 aromatic carbocycles. The van der Waals surface area contributed by atoms with Crippen LogP contribution >= 0.6 is 11.8 Å². The summed E-state index contributed by atoms with van der Waals surface area (Å²) in [6.45, 7) is 4.13. The highest BCUT2D eigenvalue weighted by atomic mass is 32.2. The van der Waals surface area contributed by atoms with Crippen molar-refractivity contribution in [1.82, 2.24) is 5.32 Å². The van der Waals surface area contributed by atoms with Crippen molar-refractivity contribution >= 4 is 17.7 Å². The van der Waals surface area contributed by atoms with Crippen molar-refractivity contribution in [2.24, 2.45) is 0 Å². The molecule has 0 bridgehead atoms. The quantitative estimate of drug-likeness (QED) is 0.723. The molecule has 1 saturated heterocycles. The zero-order valence-electron chi connectivity index (χ0n) is 16.0. The Morgan fingerprint density at radius 2 is 1.85 bits per heavy atom. The smallest absolute Gasteiger partial charge is 0.252 e. The summed E-state index contributed by atoms with van der Waals surface area (Å²) in [5, 5.41) is 3.20. The third-order valence-electron chi connectivity index (χ3n) is 5.17. The second-order valence-corrected chi connectivity index (χ2v) is 8.04. The van der Waals surface area contributed by atoms with E-state index in [9.17, 15) is 4.79 Å². The number of carbonyl (C=O) groups excluding carboxylic acids is 1. The van der Waals surface area contributed by atoms with Gasteiger partial charge in [-0.3, -0.25) is 4.79 Å². The number of rotatable bonds is 7. The first kappa shape index (κ1) is 19.8. The molecule has 2 aromatic rings. The van der Waals surface area contributed by atoms with Crippen molar-refractivity contribution in [2.75, 3.05) is 32.6 Å². The number of ether oxygens (including phenoxy) is 2. The summed E-state index contributed by atoms with van der Waals surface area (Å²) in [7, 11) is 1.67. The Labute approximate surface area is 165 Å². The SMILES string of the molecule is CCSc1ccccc1C(=O)NCC1(c2ccc(OC)cc2)CCOCC1. The van der Waals surface area contributed by atoms with Crippen LogP contribution in [-0.4, -0.2) is 38.5 Å². The molecule has 1 N–H and O–H groups in total. The molecule has 5 heteroatoms. The van der Waals surface area contributed by atoms with Gasteiger partial charge < -0.3 is 14.8 Å². The lowest BCUT2D eigenvalue weighted by Gasteiger charge is -2.38. The summed E-state index contributed by atoms with van der Waals surface area (Å²) in [4.78, 5) is 13.9. The Kier molecular flexibility index (Phi) is 6.80. The minimum absolute atomic E-state index is 0.00840. The van der Waals surface area contributed by atoms with E-state index >= 15 is 0 Å². The number of carbonyl (C=O) groups is 1. The zero-order chi connectivity index (χ0) is 19.1. The van der Waals surface area contributed by atoms with Gasteiger partial charge in [0.15, 0.2) is 0 Å². The molecule has 0 spiro atoms. The van der Waals surface area contributed by atoms with Crippen molar-refractivity contribution in [3.63, 3.8) is 0 Å². The number of nitrogens with one attached hydrogen (secondary N) is 1. The van der Waals surface area contributed by atoms with E-state index in [2.05, 4.69) is 24.4 Å². The number of benzene rings is 2. The predicted molar refractivity (Wildman–Crippen MR) is 110 cm³/mol. The van der Waals surface area contributed by atoms with Gasteiger partial charge in [0, 0.05) is 30.1 Å². The Bertz CT molecular complexity index is 754. The Hall–Kier alpha value is -1.98. The minimum Gasteiger partial charge on any atom is -0.497 e. The van der Waals surface area contributed by atoms with Crippen LogP contribution in [0, 0.1) is 0 Å². The maximum Gasteiger partial charge on any atom is 0.252 e. The van der Waals surface area contributed by atoms with E-state index in [-0.39, 0.29) is 11.3 Å². The van der Waals surface area contributed by atoms with Gasteiger partial charge >= 0.3 is 0 Å². The molecule has 27 heavy (non-hydrogen) atoms. The highest BCUT2D eigenvalue weighted by molar-refractivity contribution is 7.99. The van der Waals surface area contributed by atoms with E-state index in [1.807, 2.05) is 36.4 Å². The molecule has 0 aliphatic carbocycles. The van der Waals surface area contributed by atoms with Gasteiger partial charge in [-0.1, -0.05) is 31.2 Å². The van der Waals surface area contributed by atoms with E-state index < -0.39 is 0 Å². The summed E-state index contributed by atoms with van der Waals surface area (Å²) in [5.74, 6) is 1.78. The van der Waals surface area contributed by atoms with Gasteiger partial charge in [-0.05, 0) is 48.4 Å². The molecule has 0 radical (unpaired) electrons. The third kappa shape index (κ3) is 4.66. The topological polar surface area (TPSA) is 47.6 Å². The monoisotopic (exact) mass is 385 g/mol. The standard InChI is InChI=1S/C22H27NO3S/c1-3-27-20-7-5-4-6-19(20)21(24)23-16-22(12-14-26-15-13-22)17-8-10-18(25-2)11-9-17/h4-11H,3,12-16H2,1-2H3,(H,23,24). The van der Waals surface area contributed by atoms with E-state index in [0.717, 1.165) is 34.8 Å². The molecule has 1 aliphatic heterocycles. The second kappa shape index (κ2) is 9.29. The number of thioether (sulfide) groups is 1. The summed E-state index contributed by atoms with van der Waals surface area (Å²) in [6, 6.07) is 16.0. The Morgan fingerprint density at radius 3 is 2.52 bits per heavy atom. The summed E-state index contributed by atoms with van der Waals surface area (Å²) >= 11 is 1.70. The lowest BCUT2D eigenvalue weighted by Crippen LogP contribution is -2.44. The molecular formula is C22H27NO3S. The molecule has 0 unspecified atom stereocenters. The highest BCUT2D eigenvalue weighted by Gasteiger charge is 2.35. The summed E-state index contributed by atoms with van der Waals surface area (Å²) in [6.07, 6.45) is 1.79. The normalized spacial score (nSPS) is 15.9. The minimum atomic E-state index is -0.104. The van der Waals surface area contributed by atoms with Crippen LogP contribution < -0.4 is 10.1 Å². The average molecular weight is 386 g/mol. The van der Waals surface area contributed by atoms with Crippen LogP contribution in [-0.2, 0) is 10.2 Å². The van der Waals surface area contributed by atoms with Crippen molar-refractivity contribution in [3.05, 3.63) is 59.7 Å². The van der Waals surface area contributed by atoms with Gasteiger partial charge in [0.05, 0.1) is 12.7 Å². The largest absolute Gasteiger partial charge is 0.497 e. The van der Waals surface area contributed by atoms with Gasteiger partial charge in [0.2, 0.25) is 0 Å².